The van der Waals surface area contributed by atoms with Crippen LogP contribution in [-0.4, -0.2) is 53.0 Å². The lowest BCUT2D eigenvalue weighted by molar-refractivity contribution is -0.0884. The predicted octanol–water partition coefficient (Wildman–Crippen LogP) is 6.11. The van der Waals surface area contributed by atoms with Crippen molar-refractivity contribution in [2.75, 3.05) is 19.6 Å². The maximum atomic E-state index is 13.7. The minimum Gasteiger partial charge on any atom is -0.348 e. The van der Waals surface area contributed by atoms with E-state index in [1.807, 2.05) is 0 Å². The molecule has 0 unspecified atom stereocenters. The molecule has 4 rings (SSSR count). The average Bonchev–Trinajstić information content (AvgIpc) is 3.43. The van der Waals surface area contributed by atoms with Crippen LogP contribution in [0.25, 0.3) is 10.9 Å². The first kappa shape index (κ1) is 25.7. The van der Waals surface area contributed by atoms with E-state index in [2.05, 4.69) is 10.2 Å². The normalized spacial score (nSPS) is 18.5. The minimum atomic E-state index is -5.06. The van der Waals surface area contributed by atoms with Gasteiger partial charge in [-0.05, 0) is 64.2 Å². The van der Waals surface area contributed by atoms with Gasteiger partial charge in [0.15, 0.2) is 0 Å². The van der Waals surface area contributed by atoms with E-state index in [9.17, 15) is 22.8 Å². The molecule has 0 spiro atoms. The van der Waals surface area contributed by atoms with Crippen molar-refractivity contribution in [3.8, 4) is 0 Å². The summed E-state index contributed by atoms with van der Waals surface area (Å²) in [7, 11) is 0. The highest BCUT2D eigenvalue weighted by Gasteiger charge is 2.44. The van der Waals surface area contributed by atoms with Crippen molar-refractivity contribution in [3.05, 3.63) is 35.5 Å². The Bertz CT molecular complexity index is 1020. The van der Waals surface area contributed by atoms with E-state index in [-0.39, 0.29) is 17.1 Å². The van der Waals surface area contributed by atoms with E-state index in [1.54, 1.807) is 22.8 Å². The quantitative estimate of drug-likeness (QED) is 0.358. The zero-order valence-corrected chi connectivity index (χ0v) is 20.3. The van der Waals surface area contributed by atoms with Crippen molar-refractivity contribution < 1.29 is 22.8 Å². The third-order valence-electron chi connectivity index (χ3n) is 7.42. The van der Waals surface area contributed by atoms with Crippen LogP contribution in [0.15, 0.2) is 24.3 Å². The Labute approximate surface area is 205 Å². The van der Waals surface area contributed by atoms with Crippen molar-refractivity contribution in [1.82, 2.24) is 14.8 Å². The summed E-state index contributed by atoms with van der Waals surface area (Å²) in [6.45, 7) is 3.52. The third kappa shape index (κ3) is 6.26. The Hall–Kier alpha value is -2.35. The zero-order chi connectivity index (χ0) is 24.8. The van der Waals surface area contributed by atoms with Gasteiger partial charge in [-0.2, -0.15) is 13.2 Å². The number of hydrogen-bond donors (Lipinski definition) is 1. The summed E-state index contributed by atoms with van der Waals surface area (Å²) in [4.78, 5) is 28.5. The number of hydrogen-bond acceptors (Lipinski definition) is 3. The lowest BCUT2D eigenvalue weighted by Crippen LogP contribution is -2.38. The van der Waals surface area contributed by atoms with Crippen molar-refractivity contribution in [3.63, 3.8) is 0 Å². The molecular formula is C27H36F3N3O2. The molecule has 35 heavy (non-hydrogen) atoms. The molecule has 1 aliphatic heterocycles. The number of aryl methyl sites for hydroxylation is 1. The molecule has 0 atom stereocenters. The van der Waals surface area contributed by atoms with Crippen LogP contribution < -0.4 is 5.32 Å². The summed E-state index contributed by atoms with van der Waals surface area (Å²) < 4.78 is 42.6. The Morgan fingerprint density at radius 3 is 2.20 bits per heavy atom. The number of alkyl halides is 3. The summed E-state index contributed by atoms with van der Waals surface area (Å²) >= 11 is 0. The first-order chi connectivity index (χ1) is 16.9. The first-order valence-electron chi connectivity index (χ1n) is 13.1. The van der Waals surface area contributed by atoms with Gasteiger partial charge in [0.05, 0.1) is 5.56 Å². The van der Waals surface area contributed by atoms with E-state index in [4.69, 9.17) is 0 Å². The van der Waals surface area contributed by atoms with E-state index < -0.39 is 23.4 Å². The van der Waals surface area contributed by atoms with Gasteiger partial charge in [-0.25, -0.2) is 0 Å². The number of amides is 1. The van der Waals surface area contributed by atoms with Gasteiger partial charge in [-0.15, -0.1) is 0 Å². The maximum absolute atomic E-state index is 13.7. The van der Waals surface area contributed by atoms with Crippen molar-refractivity contribution in [2.45, 2.75) is 89.4 Å². The molecular weight excluding hydrogens is 455 g/mol. The highest BCUT2D eigenvalue weighted by molar-refractivity contribution is 6.18. The van der Waals surface area contributed by atoms with Crippen molar-refractivity contribution in [1.29, 1.82) is 0 Å². The molecule has 1 saturated carbocycles. The largest absolute Gasteiger partial charge is 0.454 e. The summed E-state index contributed by atoms with van der Waals surface area (Å²) in [6, 6.07) is 6.49. The molecule has 8 heteroatoms. The molecule has 2 fully saturated rings. The fourth-order valence-corrected chi connectivity index (χ4v) is 5.61. The molecule has 0 radical (unpaired) electrons. The summed E-state index contributed by atoms with van der Waals surface area (Å²) in [5, 5.41) is 3.19. The number of likely N-dealkylation sites (tertiary alicyclic amines) is 1. The molecule has 5 nitrogen and oxygen atoms in total. The number of benzene rings is 1. The number of nitrogens with zero attached hydrogens (tertiary/aromatic N) is 2. The fourth-order valence-electron chi connectivity index (χ4n) is 5.61. The molecule has 2 heterocycles. The maximum Gasteiger partial charge on any atom is 0.454 e. The molecule has 1 aromatic heterocycles. The van der Waals surface area contributed by atoms with Crippen LogP contribution in [-0.2, 0) is 6.54 Å². The van der Waals surface area contributed by atoms with E-state index in [0.717, 1.165) is 71.0 Å². The molecule has 1 aromatic carbocycles. The van der Waals surface area contributed by atoms with Gasteiger partial charge >= 0.3 is 6.18 Å². The molecule has 1 amide bonds. The number of para-hydroxylation sites is 1. The van der Waals surface area contributed by atoms with Crippen LogP contribution in [0.3, 0.4) is 0 Å². The number of nitrogens with one attached hydrogen (secondary N) is 1. The van der Waals surface area contributed by atoms with Crippen molar-refractivity contribution in [2.24, 2.45) is 0 Å². The average molecular weight is 492 g/mol. The second kappa shape index (κ2) is 11.6. The Morgan fingerprint density at radius 2 is 1.51 bits per heavy atom. The number of halogens is 3. The topological polar surface area (TPSA) is 54.3 Å². The van der Waals surface area contributed by atoms with Gasteiger partial charge in [0, 0.05) is 23.5 Å². The van der Waals surface area contributed by atoms with Gasteiger partial charge < -0.3 is 14.8 Å². The van der Waals surface area contributed by atoms with Crippen LogP contribution in [0.2, 0.25) is 0 Å². The number of rotatable bonds is 8. The molecule has 0 bridgehead atoms. The number of unbranched alkanes of at least 4 members (excludes halogenated alkanes) is 1. The van der Waals surface area contributed by atoms with Crippen LogP contribution in [0.4, 0.5) is 13.2 Å². The summed E-state index contributed by atoms with van der Waals surface area (Å²) in [5.74, 6) is -2.52. The summed E-state index contributed by atoms with van der Waals surface area (Å²) in [5.41, 5.74) is -0.156. The highest BCUT2D eigenvalue weighted by atomic mass is 19.4. The minimum absolute atomic E-state index is 0.0849. The SMILES string of the molecule is O=C(NC1CCCCCCC1)c1c(C(=O)C(F)(F)F)c2ccccc2n1CCCCN1CCCC1. The Kier molecular flexibility index (Phi) is 8.52. The number of ketones is 1. The van der Waals surface area contributed by atoms with Crippen LogP contribution in [0.5, 0.6) is 0 Å². The van der Waals surface area contributed by atoms with E-state index in [1.165, 1.54) is 25.3 Å². The zero-order valence-electron chi connectivity index (χ0n) is 20.3. The summed E-state index contributed by atoms with van der Waals surface area (Å²) in [6.07, 6.45) is 5.93. The Morgan fingerprint density at radius 1 is 0.886 bits per heavy atom. The Balaban J connectivity index is 1.65. The molecule has 1 N–H and O–H groups in total. The van der Waals surface area contributed by atoms with Crippen molar-refractivity contribution >= 4 is 22.6 Å². The van der Waals surface area contributed by atoms with Gasteiger partial charge in [0.25, 0.3) is 11.7 Å². The molecule has 1 aliphatic carbocycles. The number of fused-ring (bicyclic) bond motifs is 1. The number of carbonyl (C=O) groups excluding carboxylic acids is 2. The van der Waals surface area contributed by atoms with Crippen LogP contribution >= 0.6 is 0 Å². The first-order valence-corrected chi connectivity index (χ1v) is 13.1. The fraction of sp³-hybridized carbons (Fsp3) is 0.630. The molecule has 1 saturated heterocycles. The number of carbonyl (C=O) groups is 2. The molecule has 2 aliphatic rings. The number of aromatic nitrogens is 1. The van der Waals surface area contributed by atoms with Gasteiger partial charge in [0.1, 0.15) is 5.69 Å². The second-order valence-corrected chi connectivity index (χ2v) is 9.99. The molecule has 192 valence electrons. The lowest BCUT2D eigenvalue weighted by Gasteiger charge is -2.22. The lowest BCUT2D eigenvalue weighted by atomic mass is 9.96. The molecule has 2 aromatic rings. The van der Waals surface area contributed by atoms with E-state index in [0.29, 0.717) is 12.1 Å². The third-order valence-corrected chi connectivity index (χ3v) is 7.42. The smallest absolute Gasteiger partial charge is 0.348 e. The van der Waals surface area contributed by atoms with Crippen LogP contribution in [0.1, 0.15) is 91.5 Å². The predicted molar refractivity (Wildman–Crippen MR) is 131 cm³/mol. The second-order valence-electron chi connectivity index (χ2n) is 9.99. The van der Waals surface area contributed by atoms with Crippen LogP contribution in [0, 0.1) is 0 Å². The van der Waals surface area contributed by atoms with Gasteiger partial charge in [0.2, 0.25) is 0 Å². The standard InChI is InChI=1S/C27H36F3N3O2/c28-27(29,30)25(34)23-21-14-6-7-15-22(21)33(19-11-10-18-32-16-8-9-17-32)24(23)26(35)31-20-12-4-2-1-3-5-13-20/h6-7,14-15,20H,1-5,8-13,16-19H2,(H,31,35). The number of Topliss-reactive ketones (excluding diaryl/α,β-unsaturated/α-hetero) is 1. The van der Waals surface area contributed by atoms with Gasteiger partial charge in [-0.1, -0.05) is 50.3 Å². The highest BCUT2D eigenvalue weighted by Crippen LogP contribution is 2.33. The van der Waals surface area contributed by atoms with Gasteiger partial charge in [-0.3, -0.25) is 9.59 Å². The monoisotopic (exact) mass is 491 g/mol. The van der Waals surface area contributed by atoms with E-state index >= 15 is 0 Å².